The van der Waals surface area contributed by atoms with Crippen LogP contribution in [0.3, 0.4) is 0 Å². The van der Waals surface area contributed by atoms with Crippen molar-refractivity contribution in [2.45, 2.75) is 19.9 Å². The number of benzene rings is 3. The van der Waals surface area contributed by atoms with E-state index in [4.69, 9.17) is 4.74 Å². The number of nitrogens with one attached hydrogen (secondary N) is 3. The summed E-state index contributed by atoms with van der Waals surface area (Å²) in [5.41, 5.74) is 5.59. The Morgan fingerprint density at radius 1 is 0.882 bits per heavy atom. The summed E-state index contributed by atoms with van der Waals surface area (Å²) in [4.78, 5) is 35.8. The first-order valence-corrected chi connectivity index (χ1v) is 10.8. The molecule has 0 unspecified atom stereocenters. The lowest BCUT2D eigenvalue weighted by atomic mass is 10.1. The van der Waals surface area contributed by atoms with Crippen LogP contribution in [0.15, 0.2) is 84.0 Å². The lowest BCUT2D eigenvalue weighted by Gasteiger charge is -2.10. The number of hydrogen-bond donors (Lipinski definition) is 3. The highest BCUT2D eigenvalue weighted by Gasteiger charge is 2.11. The largest absolute Gasteiger partial charge is 0.484 e. The standard InChI is InChI=1S/C26H26N4O4/c1-2-21-10-6-7-11-23(21)29-24(31)18-34-22-14-12-20(13-15-22)17-28-30-26(33)25(32)27-16-19-8-4-3-5-9-19/h3-15,17H,2,16,18H2,1H3,(H,27,32)(H,29,31)(H,30,33)/b28-17-. The number of nitrogens with zero attached hydrogens (tertiary/aromatic N) is 1. The zero-order chi connectivity index (χ0) is 24.2. The van der Waals surface area contributed by atoms with Gasteiger partial charge < -0.3 is 15.4 Å². The smallest absolute Gasteiger partial charge is 0.329 e. The fourth-order valence-corrected chi connectivity index (χ4v) is 3.01. The minimum atomic E-state index is -0.859. The third kappa shape index (κ3) is 7.59. The van der Waals surface area contributed by atoms with Crippen LogP contribution in [0.1, 0.15) is 23.6 Å². The molecule has 0 aromatic heterocycles. The monoisotopic (exact) mass is 458 g/mol. The van der Waals surface area contributed by atoms with Crippen molar-refractivity contribution in [3.63, 3.8) is 0 Å². The first-order chi connectivity index (χ1) is 16.5. The molecule has 0 bridgehead atoms. The predicted octanol–water partition coefficient (Wildman–Crippen LogP) is 3.03. The Hall–Kier alpha value is -4.46. The fraction of sp³-hybridized carbons (Fsp3) is 0.154. The first kappa shape index (κ1) is 24.2. The Balaban J connectivity index is 1.41. The first-order valence-electron chi connectivity index (χ1n) is 10.8. The number of ether oxygens (including phenoxy) is 1. The number of anilines is 1. The zero-order valence-electron chi connectivity index (χ0n) is 18.8. The molecule has 0 radical (unpaired) electrons. The number of aryl methyl sites for hydroxylation is 1. The highest BCUT2D eigenvalue weighted by molar-refractivity contribution is 6.35. The van der Waals surface area contributed by atoms with Crippen molar-refractivity contribution in [2.24, 2.45) is 5.10 Å². The maximum absolute atomic E-state index is 12.2. The van der Waals surface area contributed by atoms with Gasteiger partial charge in [0.25, 0.3) is 5.91 Å². The molecule has 0 spiro atoms. The Labute approximate surface area is 198 Å². The van der Waals surface area contributed by atoms with Gasteiger partial charge in [0.15, 0.2) is 6.61 Å². The molecular weight excluding hydrogens is 432 g/mol. The number of carbonyl (C=O) groups excluding carboxylic acids is 3. The lowest BCUT2D eigenvalue weighted by Crippen LogP contribution is -2.37. The molecule has 0 aliphatic carbocycles. The van der Waals surface area contributed by atoms with Gasteiger partial charge in [0.1, 0.15) is 5.75 Å². The summed E-state index contributed by atoms with van der Waals surface area (Å²) in [5.74, 6) is -1.37. The molecule has 0 aliphatic rings. The Morgan fingerprint density at radius 3 is 2.32 bits per heavy atom. The quantitative estimate of drug-likeness (QED) is 0.260. The molecule has 8 nitrogen and oxygen atoms in total. The van der Waals surface area contributed by atoms with E-state index < -0.39 is 11.8 Å². The van der Waals surface area contributed by atoms with E-state index in [0.717, 1.165) is 23.2 Å². The average molecular weight is 459 g/mol. The molecule has 174 valence electrons. The maximum Gasteiger partial charge on any atom is 0.329 e. The second kappa shape index (κ2) is 12.5. The summed E-state index contributed by atoms with van der Waals surface area (Å²) < 4.78 is 5.53. The van der Waals surface area contributed by atoms with E-state index >= 15 is 0 Å². The Kier molecular flexibility index (Phi) is 8.92. The molecule has 0 saturated carbocycles. The van der Waals surface area contributed by atoms with Crippen LogP contribution in [0.2, 0.25) is 0 Å². The summed E-state index contributed by atoms with van der Waals surface area (Å²) in [6, 6.07) is 23.7. The van der Waals surface area contributed by atoms with Crippen molar-refractivity contribution in [3.8, 4) is 5.75 Å². The Bertz CT molecular complexity index is 1140. The molecular formula is C26H26N4O4. The van der Waals surface area contributed by atoms with E-state index in [2.05, 4.69) is 21.2 Å². The molecule has 34 heavy (non-hydrogen) atoms. The van der Waals surface area contributed by atoms with Gasteiger partial charge in [-0.3, -0.25) is 14.4 Å². The molecule has 0 saturated heterocycles. The van der Waals surface area contributed by atoms with E-state index in [1.165, 1.54) is 6.21 Å². The van der Waals surface area contributed by atoms with Crippen LogP contribution in [0, 0.1) is 0 Å². The van der Waals surface area contributed by atoms with Crippen LogP contribution < -0.4 is 20.8 Å². The topological polar surface area (TPSA) is 109 Å². The summed E-state index contributed by atoms with van der Waals surface area (Å²) in [6.45, 7) is 2.15. The molecule has 8 heteroatoms. The SMILES string of the molecule is CCc1ccccc1NC(=O)COc1ccc(/C=N\NC(=O)C(=O)NCc2ccccc2)cc1. The van der Waals surface area contributed by atoms with Gasteiger partial charge in [-0.05, 0) is 53.4 Å². The third-order valence-corrected chi connectivity index (χ3v) is 4.80. The summed E-state index contributed by atoms with van der Waals surface area (Å²) in [5, 5.41) is 9.17. The molecule has 3 N–H and O–H groups in total. The number of carbonyl (C=O) groups is 3. The highest BCUT2D eigenvalue weighted by Crippen LogP contribution is 2.16. The van der Waals surface area contributed by atoms with E-state index in [0.29, 0.717) is 11.3 Å². The lowest BCUT2D eigenvalue weighted by molar-refractivity contribution is -0.139. The van der Waals surface area contributed by atoms with Gasteiger partial charge in [0.2, 0.25) is 0 Å². The number of hydrazone groups is 1. The normalized spacial score (nSPS) is 10.5. The van der Waals surface area contributed by atoms with Crippen LogP contribution in [0.4, 0.5) is 5.69 Å². The van der Waals surface area contributed by atoms with Crippen LogP contribution in [-0.4, -0.2) is 30.5 Å². The third-order valence-electron chi connectivity index (χ3n) is 4.80. The van der Waals surface area contributed by atoms with Crippen LogP contribution in [0.5, 0.6) is 5.75 Å². The number of amides is 3. The molecule has 3 aromatic carbocycles. The van der Waals surface area contributed by atoms with Gasteiger partial charge in [-0.1, -0.05) is 55.5 Å². The average Bonchev–Trinajstić information content (AvgIpc) is 2.87. The summed E-state index contributed by atoms with van der Waals surface area (Å²) in [7, 11) is 0. The van der Waals surface area contributed by atoms with Gasteiger partial charge in [0.05, 0.1) is 6.21 Å². The van der Waals surface area contributed by atoms with E-state index in [-0.39, 0.29) is 19.1 Å². The van der Waals surface area contributed by atoms with Crippen molar-refractivity contribution < 1.29 is 19.1 Å². The van der Waals surface area contributed by atoms with Crippen molar-refractivity contribution in [2.75, 3.05) is 11.9 Å². The molecule has 0 atom stereocenters. The van der Waals surface area contributed by atoms with Gasteiger partial charge in [-0.2, -0.15) is 5.10 Å². The van der Waals surface area contributed by atoms with Crippen LogP contribution in [-0.2, 0) is 27.3 Å². The second-order valence-electron chi connectivity index (χ2n) is 7.28. The molecule has 0 aliphatic heterocycles. The molecule has 0 fully saturated rings. The van der Waals surface area contributed by atoms with Gasteiger partial charge in [-0.15, -0.1) is 0 Å². The number of para-hydroxylation sites is 1. The molecule has 3 aromatic rings. The molecule has 0 heterocycles. The summed E-state index contributed by atoms with van der Waals surface area (Å²) >= 11 is 0. The maximum atomic E-state index is 12.2. The van der Waals surface area contributed by atoms with E-state index in [1.54, 1.807) is 24.3 Å². The molecule has 3 amide bonds. The van der Waals surface area contributed by atoms with Gasteiger partial charge in [-0.25, -0.2) is 5.43 Å². The van der Waals surface area contributed by atoms with Gasteiger partial charge >= 0.3 is 11.8 Å². The van der Waals surface area contributed by atoms with Gasteiger partial charge in [0, 0.05) is 12.2 Å². The minimum absolute atomic E-state index is 0.125. The molecule has 3 rings (SSSR count). The van der Waals surface area contributed by atoms with Crippen molar-refractivity contribution in [1.29, 1.82) is 0 Å². The number of rotatable bonds is 9. The highest BCUT2D eigenvalue weighted by atomic mass is 16.5. The van der Waals surface area contributed by atoms with Crippen molar-refractivity contribution in [3.05, 3.63) is 95.6 Å². The zero-order valence-corrected chi connectivity index (χ0v) is 18.8. The van der Waals surface area contributed by atoms with Crippen molar-refractivity contribution >= 4 is 29.6 Å². The number of hydrogen-bond acceptors (Lipinski definition) is 5. The summed E-state index contributed by atoms with van der Waals surface area (Å²) in [6.07, 6.45) is 2.22. The predicted molar refractivity (Wildman–Crippen MR) is 130 cm³/mol. The van der Waals surface area contributed by atoms with Crippen LogP contribution >= 0.6 is 0 Å². The Morgan fingerprint density at radius 2 is 1.59 bits per heavy atom. The minimum Gasteiger partial charge on any atom is -0.484 e. The fourth-order valence-electron chi connectivity index (χ4n) is 3.01. The second-order valence-corrected chi connectivity index (χ2v) is 7.28. The van der Waals surface area contributed by atoms with Crippen LogP contribution in [0.25, 0.3) is 0 Å². The van der Waals surface area contributed by atoms with Crippen molar-refractivity contribution in [1.82, 2.24) is 10.7 Å². The van der Waals surface area contributed by atoms with E-state index in [1.807, 2.05) is 61.5 Å². The van der Waals surface area contributed by atoms with E-state index in [9.17, 15) is 14.4 Å².